The lowest BCUT2D eigenvalue weighted by Gasteiger charge is -2.21. The number of nitrogens with zero attached hydrogens (tertiary/aromatic N) is 2. The lowest BCUT2D eigenvalue weighted by molar-refractivity contribution is -0.140. The number of hydrogen-bond donors (Lipinski definition) is 1. The molecular formula is C27H23ClN2O3S. The first-order chi connectivity index (χ1) is 16.4. The molecule has 0 spiro atoms. The number of carbonyl (C=O) groups is 2. The van der Waals surface area contributed by atoms with Gasteiger partial charge in [0.25, 0.3) is 0 Å². The van der Waals surface area contributed by atoms with Crippen LogP contribution >= 0.6 is 22.9 Å². The van der Waals surface area contributed by atoms with Crippen molar-refractivity contribution >= 4 is 39.9 Å². The van der Waals surface area contributed by atoms with Crippen molar-refractivity contribution in [3.63, 3.8) is 0 Å². The lowest BCUT2D eigenvalue weighted by atomic mass is 9.95. The average molecular weight is 491 g/mol. The van der Waals surface area contributed by atoms with Crippen molar-refractivity contribution < 1.29 is 14.7 Å². The Morgan fingerprint density at radius 2 is 1.68 bits per heavy atom. The van der Waals surface area contributed by atoms with Crippen LogP contribution < -0.4 is 4.90 Å². The lowest BCUT2D eigenvalue weighted by Crippen LogP contribution is -2.35. The van der Waals surface area contributed by atoms with Crippen LogP contribution in [0.25, 0.3) is 22.4 Å². The first-order valence-corrected chi connectivity index (χ1v) is 12.0. The minimum absolute atomic E-state index is 0.249. The Labute approximate surface area is 207 Å². The molecule has 4 aromatic rings. The fraction of sp³-hybridized carbons (Fsp3) is 0.148. The molecule has 1 amide bonds. The molecule has 0 fully saturated rings. The number of anilines is 1. The van der Waals surface area contributed by atoms with E-state index in [0.29, 0.717) is 22.3 Å². The number of amides is 1. The highest BCUT2D eigenvalue weighted by Gasteiger charge is 2.27. The highest BCUT2D eigenvalue weighted by atomic mass is 35.5. The largest absolute Gasteiger partial charge is 0.481 e. The van der Waals surface area contributed by atoms with Crippen LogP contribution in [0.3, 0.4) is 0 Å². The van der Waals surface area contributed by atoms with E-state index in [1.807, 2.05) is 84.2 Å². The second kappa shape index (κ2) is 10.6. The van der Waals surface area contributed by atoms with Gasteiger partial charge in [-0.25, -0.2) is 4.98 Å². The molecule has 0 aliphatic carbocycles. The van der Waals surface area contributed by atoms with E-state index in [1.54, 1.807) is 7.05 Å². The van der Waals surface area contributed by atoms with Gasteiger partial charge in [-0.15, -0.1) is 11.3 Å². The number of hydrogen-bond acceptors (Lipinski definition) is 4. The maximum Gasteiger partial charge on any atom is 0.304 e. The zero-order chi connectivity index (χ0) is 24.1. The van der Waals surface area contributed by atoms with Gasteiger partial charge < -0.3 is 5.11 Å². The summed E-state index contributed by atoms with van der Waals surface area (Å²) in [5, 5.41) is 12.3. The van der Waals surface area contributed by atoms with Crippen LogP contribution in [-0.4, -0.2) is 29.0 Å². The Morgan fingerprint density at radius 3 is 2.35 bits per heavy atom. The fourth-order valence-electron chi connectivity index (χ4n) is 3.80. The van der Waals surface area contributed by atoms with Gasteiger partial charge in [0.2, 0.25) is 5.91 Å². The molecule has 0 saturated heterocycles. The van der Waals surface area contributed by atoms with E-state index in [2.05, 4.69) is 4.98 Å². The molecule has 1 atom stereocenters. The molecule has 34 heavy (non-hydrogen) atoms. The summed E-state index contributed by atoms with van der Waals surface area (Å²) in [5.74, 6) is -1.98. The van der Waals surface area contributed by atoms with Gasteiger partial charge in [0, 0.05) is 18.0 Å². The molecule has 1 N–H and O–H groups in total. The number of carboxylic acid groups (broad SMARTS) is 1. The number of thiazole rings is 1. The third-order valence-electron chi connectivity index (χ3n) is 5.55. The highest BCUT2D eigenvalue weighted by molar-refractivity contribution is 7.14. The maximum atomic E-state index is 13.2. The molecule has 0 bridgehead atoms. The zero-order valence-corrected chi connectivity index (χ0v) is 20.1. The first-order valence-electron chi connectivity index (χ1n) is 10.8. The fourth-order valence-corrected chi connectivity index (χ4v) is 4.81. The zero-order valence-electron chi connectivity index (χ0n) is 18.5. The van der Waals surface area contributed by atoms with Crippen molar-refractivity contribution in [3.05, 3.63) is 94.8 Å². The van der Waals surface area contributed by atoms with Crippen molar-refractivity contribution in [3.8, 4) is 22.4 Å². The van der Waals surface area contributed by atoms with E-state index in [4.69, 9.17) is 11.6 Å². The second-order valence-corrected chi connectivity index (χ2v) is 9.20. The average Bonchev–Trinajstić information content (AvgIpc) is 3.34. The van der Waals surface area contributed by atoms with E-state index in [1.165, 1.54) is 16.2 Å². The summed E-state index contributed by atoms with van der Waals surface area (Å²) < 4.78 is 0. The number of halogens is 1. The molecule has 4 rings (SSSR count). The predicted molar refractivity (Wildman–Crippen MR) is 137 cm³/mol. The molecule has 0 saturated carbocycles. The van der Waals surface area contributed by atoms with Gasteiger partial charge in [0.15, 0.2) is 5.13 Å². The van der Waals surface area contributed by atoms with Gasteiger partial charge in [-0.2, -0.15) is 0 Å². The number of carboxylic acids is 1. The molecule has 7 heteroatoms. The van der Waals surface area contributed by atoms with E-state index >= 15 is 0 Å². The van der Waals surface area contributed by atoms with Crippen LogP contribution in [-0.2, 0) is 16.0 Å². The Morgan fingerprint density at radius 1 is 1.00 bits per heavy atom. The van der Waals surface area contributed by atoms with Crippen LogP contribution in [0.2, 0.25) is 5.02 Å². The molecule has 0 aliphatic heterocycles. The summed E-state index contributed by atoms with van der Waals surface area (Å²) in [4.78, 5) is 30.8. The van der Waals surface area contributed by atoms with Crippen LogP contribution in [0, 0.1) is 5.92 Å². The monoisotopic (exact) mass is 490 g/mol. The summed E-state index contributed by atoms with van der Waals surface area (Å²) in [6.07, 6.45) is 0.0980. The molecule has 5 nitrogen and oxygen atoms in total. The quantitative estimate of drug-likeness (QED) is 0.309. The summed E-state index contributed by atoms with van der Waals surface area (Å²) in [5.41, 5.74) is 4.45. The van der Waals surface area contributed by atoms with Crippen molar-refractivity contribution in [1.82, 2.24) is 4.98 Å². The molecule has 1 heterocycles. The Bertz CT molecular complexity index is 1290. The third-order valence-corrected chi connectivity index (χ3v) is 6.80. The number of rotatable bonds is 8. The van der Waals surface area contributed by atoms with Crippen molar-refractivity contribution in [2.75, 3.05) is 11.9 Å². The number of aromatic nitrogens is 1. The van der Waals surface area contributed by atoms with Crippen LogP contribution in [0.5, 0.6) is 0 Å². The van der Waals surface area contributed by atoms with E-state index in [9.17, 15) is 14.7 Å². The topological polar surface area (TPSA) is 70.5 Å². The van der Waals surface area contributed by atoms with Gasteiger partial charge in [0.05, 0.1) is 23.1 Å². The Kier molecular flexibility index (Phi) is 7.40. The number of benzene rings is 3. The van der Waals surface area contributed by atoms with E-state index in [0.717, 1.165) is 22.3 Å². The molecular weight excluding hydrogens is 468 g/mol. The van der Waals surface area contributed by atoms with Gasteiger partial charge >= 0.3 is 5.97 Å². The van der Waals surface area contributed by atoms with Gasteiger partial charge in [-0.05, 0) is 35.2 Å². The molecule has 0 aliphatic rings. The molecule has 1 aromatic heterocycles. The molecule has 0 radical (unpaired) electrons. The Balaban J connectivity index is 1.58. The number of aliphatic carboxylic acids is 1. The Hall–Kier alpha value is -3.48. The third kappa shape index (κ3) is 5.53. The van der Waals surface area contributed by atoms with Gasteiger partial charge in [-0.3, -0.25) is 14.5 Å². The summed E-state index contributed by atoms with van der Waals surface area (Å²) in [7, 11) is 1.63. The minimum Gasteiger partial charge on any atom is -0.481 e. The van der Waals surface area contributed by atoms with Crippen LogP contribution in [0.1, 0.15) is 12.0 Å². The SMILES string of the molecule is CN(C(=O)[C@@H](CC(=O)O)Cc1ccccc1)c1nc(-c2cc(-c3ccccc3)ccc2Cl)cs1. The van der Waals surface area contributed by atoms with Gasteiger partial charge in [0.1, 0.15) is 0 Å². The van der Waals surface area contributed by atoms with Crippen molar-refractivity contribution in [2.24, 2.45) is 5.92 Å². The van der Waals surface area contributed by atoms with Crippen molar-refractivity contribution in [2.45, 2.75) is 12.8 Å². The van der Waals surface area contributed by atoms with Gasteiger partial charge in [-0.1, -0.05) is 78.3 Å². The standard InChI is InChI=1S/C27H23ClN2O3S/c1-30(26(33)21(16-25(31)32)14-18-8-4-2-5-9-18)27-29-24(17-34-27)22-15-20(12-13-23(22)28)19-10-6-3-7-11-19/h2-13,15,17,21H,14,16H2,1H3,(H,31,32)/t21-/m1/s1. The van der Waals surface area contributed by atoms with Crippen molar-refractivity contribution in [1.29, 1.82) is 0 Å². The number of carbonyl (C=O) groups excluding carboxylic acids is 1. The normalized spacial score (nSPS) is 11.7. The maximum absolute atomic E-state index is 13.2. The van der Waals surface area contributed by atoms with Crippen LogP contribution in [0.15, 0.2) is 84.2 Å². The summed E-state index contributed by atoms with van der Waals surface area (Å²) in [6.45, 7) is 0. The van der Waals surface area contributed by atoms with E-state index < -0.39 is 11.9 Å². The summed E-state index contributed by atoms with van der Waals surface area (Å²) in [6, 6.07) is 25.2. The smallest absolute Gasteiger partial charge is 0.304 e. The predicted octanol–water partition coefficient (Wildman–Crippen LogP) is 6.43. The first kappa shape index (κ1) is 23.7. The molecule has 0 unspecified atom stereocenters. The molecule has 3 aromatic carbocycles. The van der Waals surface area contributed by atoms with Crippen LogP contribution in [0.4, 0.5) is 5.13 Å². The molecule has 172 valence electrons. The minimum atomic E-state index is -1.01. The highest BCUT2D eigenvalue weighted by Crippen LogP contribution is 2.35. The second-order valence-electron chi connectivity index (χ2n) is 7.96. The summed E-state index contributed by atoms with van der Waals surface area (Å²) >= 11 is 7.81. The van der Waals surface area contributed by atoms with E-state index in [-0.39, 0.29) is 12.3 Å².